The van der Waals surface area contributed by atoms with E-state index in [0.717, 1.165) is 30.0 Å². The van der Waals surface area contributed by atoms with Gasteiger partial charge in [-0.05, 0) is 55.8 Å². The Bertz CT molecular complexity index is 940. The number of rotatable bonds is 5. The van der Waals surface area contributed by atoms with Gasteiger partial charge in [0.25, 0.3) is 5.91 Å². The SMILES string of the molecule is CC1CN(c2ccc(NC(=O)c3cccn3Cc3ccccc3)cc2)CC(C)O1. The Kier molecular flexibility index (Phi) is 5.67. The largest absolute Gasteiger partial charge is 0.372 e. The first kappa shape index (κ1) is 19.3. The lowest BCUT2D eigenvalue weighted by atomic mass is 10.2. The van der Waals surface area contributed by atoms with Gasteiger partial charge in [-0.25, -0.2) is 0 Å². The molecule has 3 aromatic rings. The van der Waals surface area contributed by atoms with Crippen LogP contribution < -0.4 is 10.2 Å². The molecule has 2 heterocycles. The van der Waals surface area contributed by atoms with Gasteiger partial charge in [0, 0.05) is 37.2 Å². The second-order valence-corrected chi connectivity index (χ2v) is 7.67. The lowest BCUT2D eigenvalue weighted by Crippen LogP contribution is -2.45. The average Bonchev–Trinajstić information content (AvgIpc) is 3.17. The van der Waals surface area contributed by atoms with Gasteiger partial charge < -0.3 is 19.5 Å². The van der Waals surface area contributed by atoms with E-state index in [1.165, 1.54) is 0 Å². The number of nitrogens with zero attached hydrogens (tertiary/aromatic N) is 2. The zero-order valence-corrected chi connectivity index (χ0v) is 16.9. The predicted molar refractivity (Wildman–Crippen MR) is 117 cm³/mol. The van der Waals surface area contributed by atoms with Crippen LogP contribution in [0, 0.1) is 0 Å². The highest BCUT2D eigenvalue weighted by molar-refractivity contribution is 6.03. The molecule has 1 aliphatic rings. The maximum atomic E-state index is 12.8. The summed E-state index contributed by atoms with van der Waals surface area (Å²) in [4.78, 5) is 15.1. The minimum Gasteiger partial charge on any atom is -0.372 e. The van der Waals surface area contributed by atoms with E-state index >= 15 is 0 Å². The van der Waals surface area contributed by atoms with E-state index < -0.39 is 0 Å². The lowest BCUT2D eigenvalue weighted by Gasteiger charge is -2.36. The lowest BCUT2D eigenvalue weighted by molar-refractivity contribution is -0.00521. The standard InChI is InChI=1S/C24H27N3O2/c1-18-15-27(16-19(2)29-18)22-12-10-21(11-13-22)25-24(28)23-9-6-14-26(23)17-20-7-4-3-5-8-20/h3-14,18-19H,15-17H2,1-2H3,(H,25,28). The molecule has 4 rings (SSSR count). The zero-order valence-electron chi connectivity index (χ0n) is 16.9. The highest BCUT2D eigenvalue weighted by Gasteiger charge is 2.22. The maximum Gasteiger partial charge on any atom is 0.272 e. The summed E-state index contributed by atoms with van der Waals surface area (Å²) in [6, 6.07) is 21.9. The predicted octanol–water partition coefficient (Wildman–Crippen LogP) is 4.40. The second kappa shape index (κ2) is 8.53. The molecule has 5 heteroatoms. The van der Waals surface area contributed by atoms with Crippen molar-refractivity contribution in [3.05, 3.63) is 84.2 Å². The van der Waals surface area contributed by atoms with Crippen molar-refractivity contribution in [1.82, 2.24) is 4.57 Å². The normalized spacial score (nSPS) is 19.2. The van der Waals surface area contributed by atoms with Crippen LogP contribution in [0.15, 0.2) is 72.9 Å². The van der Waals surface area contributed by atoms with Crippen LogP contribution >= 0.6 is 0 Å². The third-order valence-electron chi connectivity index (χ3n) is 5.17. The molecule has 5 nitrogen and oxygen atoms in total. The van der Waals surface area contributed by atoms with Crippen molar-refractivity contribution in [2.24, 2.45) is 0 Å². The number of carbonyl (C=O) groups excluding carboxylic acids is 1. The van der Waals surface area contributed by atoms with E-state index in [1.807, 2.05) is 53.2 Å². The number of hydrogen-bond donors (Lipinski definition) is 1. The first-order valence-corrected chi connectivity index (χ1v) is 10.1. The van der Waals surface area contributed by atoms with E-state index in [2.05, 4.69) is 48.3 Å². The molecule has 0 aliphatic carbocycles. The molecule has 150 valence electrons. The molecule has 1 aliphatic heterocycles. The van der Waals surface area contributed by atoms with Crippen molar-refractivity contribution in [3.63, 3.8) is 0 Å². The van der Waals surface area contributed by atoms with Gasteiger partial charge in [-0.1, -0.05) is 30.3 Å². The van der Waals surface area contributed by atoms with Gasteiger partial charge in [0.15, 0.2) is 0 Å². The number of benzene rings is 2. The summed E-state index contributed by atoms with van der Waals surface area (Å²) in [5.74, 6) is -0.104. The van der Waals surface area contributed by atoms with Crippen LogP contribution in [0.4, 0.5) is 11.4 Å². The third kappa shape index (κ3) is 4.69. The number of ether oxygens (including phenoxy) is 1. The van der Waals surface area contributed by atoms with Gasteiger partial charge >= 0.3 is 0 Å². The molecule has 1 N–H and O–H groups in total. The zero-order chi connectivity index (χ0) is 20.2. The number of morpholine rings is 1. The van der Waals surface area contributed by atoms with E-state index in [0.29, 0.717) is 12.2 Å². The highest BCUT2D eigenvalue weighted by Crippen LogP contribution is 2.22. The maximum absolute atomic E-state index is 12.8. The molecule has 0 bridgehead atoms. The molecule has 2 aromatic carbocycles. The van der Waals surface area contributed by atoms with Crippen LogP contribution in [-0.4, -0.2) is 35.8 Å². The Morgan fingerprint density at radius 2 is 1.66 bits per heavy atom. The van der Waals surface area contributed by atoms with Crippen LogP contribution in [-0.2, 0) is 11.3 Å². The minimum atomic E-state index is -0.104. The molecule has 1 amide bonds. The smallest absolute Gasteiger partial charge is 0.272 e. The Hall–Kier alpha value is -3.05. The summed E-state index contributed by atoms with van der Waals surface area (Å²) in [6.07, 6.45) is 2.37. The summed E-state index contributed by atoms with van der Waals surface area (Å²) in [5.41, 5.74) is 3.75. The number of aromatic nitrogens is 1. The van der Waals surface area contributed by atoms with Crippen LogP contribution in [0.25, 0.3) is 0 Å². The van der Waals surface area contributed by atoms with Crippen molar-refractivity contribution in [2.75, 3.05) is 23.3 Å². The third-order valence-corrected chi connectivity index (χ3v) is 5.17. The van der Waals surface area contributed by atoms with E-state index in [9.17, 15) is 4.79 Å². The number of amides is 1. The van der Waals surface area contributed by atoms with Crippen molar-refractivity contribution in [2.45, 2.75) is 32.6 Å². The monoisotopic (exact) mass is 389 g/mol. The summed E-state index contributed by atoms with van der Waals surface area (Å²) < 4.78 is 7.78. The fraction of sp³-hybridized carbons (Fsp3) is 0.292. The molecule has 1 saturated heterocycles. The number of carbonyl (C=O) groups is 1. The molecule has 2 unspecified atom stereocenters. The summed E-state index contributed by atoms with van der Waals surface area (Å²) in [5, 5.41) is 3.02. The van der Waals surface area contributed by atoms with Crippen molar-refractivity contribution < 1.29 is 9.53 Å². The van der Waals surface area contributed by atoms with Crippen molar-refractivity contribution in [1.29, 1.82) is 0 Å². The van der Waals surface area contributed by atoms with Crippen LogP contribution in [0.5, 0.6) is 0 Å². The minimum absolute atomic E-state index is 0.104. The molecule has 2 atom stereocenters. The van der Waals surface area contributed by atoms with Crippen LogP contribution in [0.2, 0.25) is 0 Å². The van der Waals surface area contributed by atoms with Crippen molar-refractivity contribution >= 4 is 17.3 Å². The van der Waals surface area contributed by atoms with Gasteiger partial charge in [-0.3, -0.25) is 4.79 Å². The molecule has 1 fully saturated rings. The topological polar surface area (TPSA) is 46.5 Å². The molecular weight excluding hydrogens is 362 g/mol. The van der Waals surface area contributed by atoms with E-state index in [1.54, 1.807) is 0 Å². The Morgan fingerprint density at radius 1 is 0.966 bits per heavy atom. The summed E-state index contributed by atoms with van der Waals surface area (Å²) in [7, 11) is 0. The van der Waals surface area contributed by atoms with Gasteiger partial charge in [0.1, 0.15) is 5.69 Å². The average molecular weight is 389 g/mol. The summed E-state index contributed by atoms with van der Waals surface area (Å²) in [6.45, 7) is 6.62. The molecule has 0 spiro atoms. The van der Waals surface area contributed by atoms with Gasteiger partial charge in [0.2, 0.25) is 0 Å². The fourth-order valence-corrected chi connectivity index (χ4v) is 3.88. The van der Waals surface area contributed by atoms with Gasteiger partial charge in [-0.2, -0.15) is 0 Å². The first-order valence-electron chi connectivity index (χ1n) is 10.1. The van der Waals surface area contributed by atoms with Crippen LogP contribution in [0.3, 0.4) is 0 Å². The Morgan fingerprint density at radius 3 is 2.34 bits per heavy atom. The van der Waals surface area contributed by atoms with Gasteiger partial charge in [-0.15, -0.1) is 0 Å². The molecule has 1 aromatic heterocycles. The second-order valence-electron chi connectivity index (χ2n) is 7.67. The molecule has 0 radical (unpaired) electrons. The Balaban J connectivity index is 1.42. The van der Waals surface area contributed by atoms with E-state index in [4.69, 9.17) is 4.74 Å². The number of nitrogens with one attached hydrogen (secondary N) is 1. The van der Waals surface area contributed by atoms with Crippen molar-refractivity contribution in [3.8, 4) is 0 Å². The molecular formula is C24H27N3O2. The molecule has 0 saturated carbocycles. The van der Waals surface area contributed by atoms with E-state index in [-0.39, 0.29) is 18.1 Å². The summed E-state index contributed by atoms with van der Waals surface area (Å²) >= 11 is 0. The Labute approximate surface area is 171 Å². The number of anilines is 2. The molecule has 29 heavy (non-hydrogen) atoms. The van der Waals surface area contributed by atoms with Crippen LogP contribution in [0.1, 0.15) is 29.9 Å². The number of hydrogen-bond acceptors (Lipinski definition) is 3. The quantitative estimate of drug-likeness (QED) is 0.703. The first-order chi connectivity index (χ1) is 14.1. The fourth-order valence-electron chi connectivity index (χ4n) is 3.88. The highest BCUT2D eigenvalue weighted by atomic mass is 16.5. The van der Waals surface area contributed by atoms with Gasteiger partial charge in [0.05, 0.1) is 12.2 Å².